The van der Waals surface area contributed by atoms with Crippen molar-refractivity contribution in [2.45, 2.75) is 25.4 Å². The Bertz CT molecular complexity index is 720. The molecule has 0 aliphatic heterocycles. The van der Waals surface area contributed by atoms with E-state index in [9.17, 15) is 12.8 Å². The minimum atomic E-state index is -3.86. The molecule has 0 spiro atoms. The molecule has 0 saturated carbocycles. The van der Waals surface area contributed by atoms with E-state index >= 15 is 0 Å². The fourth-order valence-corrected chi connectivity index (χ4v) is 2.86. The number of aromatic nitrogens is 2. The number of nitrogen functional groups attached to an aromatic ring is 1. The fraction of sp³-hybridized carbons (Fsp3) is 0.250. The molecule has 0 unspecified atom stereocenters. The first-order valence-electron chi connectivity index (χ1n) is 5.94. The lowest BCUT2D eigenvalue weighted by atomic mass is 10.3. The van der Waals surface area contributed by atoms with E-state index in [-0.39, 0.29) is 16.4 Å². The second-order valence-electron chi connectivity index (χ2n) is 4.29. The van der Waals surface area contributed by atoms with Crippen molar-refractivity contribution in [3.05, 3.63) is 36.0 Å². The van der Waals surface area contributed by atoms with Gasteiger partial charge in [0.1, 0.15) is 11.6 Å². The van der Waals surface area contributed by atoms with E-state index in [0.717, 1.165) is 12.1 Å². The Labute approximate surface area is 116 Å². The summed E-state index contributed by atoms with van der Waals surface area (Å²) in [4.78, 5) is 3.98. The molecule has 8 heteroatoms. The number of rotatable bonds is 4. The molecule has 2 aromatic rings. The number of halogens is 1. The van der Waals surface area contributed by atoms with Crippen LogP contribution in [-0.2, 0) is 16.6 Å². The molecule has 0 aliphatic rings. The van der Waals surface area contributed by atoms with Crippen molar-refractivity contribution in [3.63, 3.8) is 0 Å². The van der Waals surface area contributed by atoms with Gasteiger partial charge in [0.05, 0.1) is 5.69 Å². The summed E-state index contributed by atoms with van der Waals surface area (Å²) < 4.78 is 41.5. The normalized spacial score (nSPS) is 11.6. The third kappa shape index (κ3) is 2.90. The number of nitrogens with one attached hydrogen (secondary N) is 1. The smallest absolute Gasteiger partial charge is 0.280 e. The summed E-state index contributed by atoms with van der Waals surface area (Å²) in [6, 6.07) is 3.50. The molecule has 1 aromatic carbocycles. The van der Waals surface area contributed by atoms with Gasteiger partial charge in [-0.25, -0.2) is 9.37 Å². The third-order valence-electron chi connectivity index (χ3n) is 2.74. The van der Waals surface area contributed by atoms with Crippen LogP contribution >= 0.6 is 0 Å². The summed E-state index contributed by atoms with van der Waals surface area (Å²) in [5.41, 5.74) is 5.67. The zero-order valence-corrected chi connectivity index (χ0v) is 11.9. The van der Waals surface area contributed by atoms with Crippen LogP contribution in [0.1, 0.15) is 12.7 Å². The molecular formula is C12H15FN4O2S. The van der Waals surface area contributed by atoms with Crippen molar-refractivity contribution in [1.29, 1.82) is 0 Å². The first-order chi connectivity index (χ1) is 9.31. The Morgan fingerprint density at radius 3 is 2.65 bits per heavy atom. The molecule has 6 nitrogen and oxygen atoms in total. The first kappa shape index (κ1) is 14.3. The van der Waals surface area contributed by atoms with Crippen LogP contribution in [0.2, 0.25) is 0 Å². The molecule has 1 aromatic heterocycles. The molecule has 0 saturated heterocycles. The third-order valence-corrected chi connectivity index (χ3v) is 3.99. The fourth-order valence-electron chi connectivity index (χ4n) is 1.81. The number of imidazole rings is 1. The summed E-state index contributed by atoms with van der Waals surface area (Å²) >= 11 is 0. The molecule has 0 fully saturated rings. The number of benzene rings is 1. The van der Waals surface area contributed by atoms with Crippen LogP contribution < -0.4 is 10.5 Å². The van der Waals surface area contributed by atoms with Gasteiger partial charge in [0, 0.05) is 18.4 Å². The van der Waals surface area contributed by atoms with Gasteiger partial charge >= 0.3 is 0 Å². The maximum absolute atomic E-state index is 13.2. The maximum atomic E-state index is 13.2. The van der Waals surface area contributed by atoms with Gasteiger partial charge in [-0.1, -0.05) is 0 Å². The molecule has 0 aliphatic carbocycles. The highest BCUT2D eigenvalue weighted by Gasteiger charge is 2.19. The standard InChI is InChI=1S/C12H15FN4O2S/c1-3-17-7-12(15-8(17)2)20(18,19)16-11-5-9(13)4-10(14)6-11/h4-7,16H,3,14H2,1-2H3. The van der Waals surface area contributed by atoms with Gasteiger partial charge in [-0.15, -0.1) is 0 Å². The minimum Gasteiger partial charge on any atom is -0.399 e. The quantitative estimate of drug-likeness (QED) is 0.841. The monoisotopic (exact) mass is 298 g/mol. The van der Waals surface area contributed by atoms with E-state index in [1.807, 2.05) is 6.92 Å². The number of aryl methyl sites for hydroxylation is 2. The maximum Gasteiger partial charge on any atom is 0.280 e. The van der Waals surface area contributed by atoms with Crippen LogP contribution in [0.4, 0.5) is 15.8 Å². The molecule has 0 radical (unpaired) electrons. The van der Waals surface area contributed by atoms with E-state index in [1.54, 1.807) is 11.5 Å². The second kappa shape index (κ2) is 5.12. The Morgan fingerprint density at radius 2 is 2.10 bits per heavy atom. The molecule has 0 atom stereocenters. The van der Waals surface area contributed by atoms with Crippen LogP contribution in [-0.4, -0.2) is 18.0 Å². The van der Waals surface area contributed by atoms with Crippen molar-refractivity contribution >= 4 is 21.4 Å². The van der Waals surface area contributed by atoms with Crippen LogP contribution in [0.25, 0.3) is 0 Å². The van der Waals surface area contributed by atoms with Gasteiger partial charge in [0.25, 0.3) is 10.0 Å². The molecular weight excluding hydrogens is 283 g/mol. The first-order valence-corrected chi connectivity index (χ1v) is 7.43. The summed E-state index contributed by atoms with van der Waals surface area (Å²) in [7, 11) is -3.86. The average Bonchev–Trinajstić information content (AvgIpc) is 2.69. The van der Waals surface area contributed by atoms with E-state index in [2.05, 4.69) is 9.71 Å². The molecule has 0 bridgehead atoms. The van der Waals surface area contributed by atoms with Crippen molar-refractivity contribution in [2.24, 2.45) is 0 Å². The van der Waals surface area contributed by atoms with Crippen LogP contribution in [0, 0.1) is 12.7 Å². The number of nitrogens with zero attached hydrogens (tertiary/aromatic N) is 2. The van der Waals surface area contributed by atoms with E-state index in [0.29, 0.717) is 12.4 Å². The SMILES string of the molecule is CCn1cc(S(=O)(=O)Nc2cc(N)cc(F)c2)nc1C. The van der Waals surface area contributed by atoms with Crippen LogP contribution in [0.3, 0.4) is 0 Å². The van der Waals surface area contributed by atoms with Crippen molar-refractivity contribution in [2.75, 3.05) is 10.5 Å². The van der Waals surface area contributed by atoms with E-state index in [4.69, 9.17) is 5.73 Å². The second-order valence-corrected chi connectivity index (χ2v) is 5.92. The van der Waals surface area contributed by atoms with Gasteiger partial charge in [0.2, 0.25) is 0 Å². The Hall–Kier alpha value is -2.09. The number of sulfonamides is 1. The van der Waals surface area contributed by atoms with E-state index in [1.165, 1.54) is 12.3 Å². The lowest BCUT2D eigenvalue weighted by Crippen LogP contribution is -2.13. The largest absolute Gasteiger partial charge is 0.399 e. The van der Waals surface area contributed by atoms with Gasteiger partial charge in [-0.2, -0.15) is 8.42 Å². The Balaban J connectivity index is 2.35. The molecule has 0 amide bonds. The Kier molecular flexibility index (Phi) is 3.67. The van der Waals surface area contributed by atoms with Crippen molar-refractivity contribution in [3.8, 4) is 0 Å². The lowest BCUT2D eigenvalue weighted by molar-refractivity contribution is 0.597. The Morgan fingerprint density at radius 1 is 1.40 bits per heavy atom. The minimum absolute atomic E-state index is 0.0613. The highest BCUT2D eigenvalue weighted by atomic mass is 32.2. The average molecular weight is 298 g/mol. The summed E-state index contributed by atoms with van der Waals surface area (Å²) in [5, 5.41) is -0.111. The number of hydrogen-bond acceptors (Lipinski definition) is 4. The van der Waals surface area contributed by atoms with Gasteiger partial charge < -0.3 is 10.3 Å². The van der Waals surface area contributed by atoms with E-state index < -0.39 is 15.8 Å². The topological polar surface area (TPSA) is 90.0 Å². The molecule has 20 heavy (non-hydrogen) atoms. The molecule has 108 valence electrons. The highest BCUT2D eigenvalue weighted by molar-refractivity contribution is 7.92. The summed E-state index contributed by atoms with van der Waals surface area (Å²) in [6.07, 6.45) is 1.43. The molecule has 3 N–H and O–H groups in total. The van der Waals surface area contributed by atoms with Gasteiger partial charge in [-0.05, 0) is 32.0 Å². The lowest BCUT2D eigenvalue weighted by Gasteiger charge is -2.06. The van der Waals surface area contributed by atoms with Gasteiger partial charge in [0.15, 0.2) is 5.03 Å². The predicted molar refractivity (Wildman–Crippen MR) is 74.3 cm³/mol. The summed E-state index contributed by atoms with van der Waals surface area (Å²) in [6.45, 7) is 4.20. The van der Waals surface area contributed by atoms with Crippen LogP contribution in [0.15, 0.2) is 29.4 Å². The molecule has 1 heterocycles. The van der Waals surface area contributed by atoms with Crippen molar-refractivity contribution < 1.29 is 12.8 Å². The zero-order chi connectivity index (χ0) is 14.9. The number of hydrogen-bond donors (Lipinski definition) is 2. The van der Waals surface area contributed by atoms with Crippen molar-refractivity contribution in [1.82, 2.24) is 9.55 Å². The summed E-state index contributed by atoms with van der Waals surface area (Å²) in [5.74, 6) is -0.0235. The predicted octanol–water partition coefficient (Wildman–Crippen LogP) is 1.73. The number of nitrogens with two attached hydrogens (primary N) is 1. The number of anilines is 2. The zero-order valence-electron chi connectivity index (χ0n) is 11.1. The van der Waals surface area contributed by atoms with Crippen LogP contribution in [0.5, 0.6) is 0 Å². The molecule has 2 rings (SSSR count). The highest BCUT2D eigenvalue weighted by Crippen LogP contribution is 2.19. The van der Waals surface area contributed by atoms with Gasteiger partial charge in [-0.3, -0.25) is 4.72 Å².